The van der Waals surface area contributed by atoms with Gasteiger partial charge >= 0.3 is 0 Å². The Bertz CT molecular complexity index is 571. The van der Waals surface area contributed by atoms with E-state index in [9.17, 15) is 12.8 Å². The molecule has 0 aromatic heterocycles. The average molecular weight is 290 g/mol. The summed E-state index contributed by atoms with van der Waals surface area (Å²) in [7, 11) is -2.34. The van der Waals surface area contributed by atoms with E-state index in [0.717, 1.165) is 6.07 Å². The molecule has 0 heterocycles. The first-order valence-corrected chi connectivity index (χ1v) is 7.18. The maximum absolute atomic E-state index is 13.5. The van der Waals surface area contributed by atoms with Crippen LogP contribution >= 0.6 is 0 Å². The molecular formula is C12H19FN2O3S. The van der Waals surface area contributed by atoms with Crippen LogP contribution in [-0.2, 0) is 14.8 Å². The number of benzene rings is 1. The van der Waals surface area contributed by atoms with Crippen molar-refractivity contribution in [3.05, 3.63) is 23.5 Å². The largest absolute Gasteiger partial charge is 0.399 e. The summed E-state index contributed by atoms with van der Waals surface area (Å²) >= 11 is 0. The third-order valence-corrected chi connectivity index (χ3v) is 4.38. The summed E-state index contributed by atoms with van der Waals surface area (Å²) in [6, 6.07) is 2.33. The van der Waals surface area contributed by atoms with Crippen molar-refractivity contribution >= 4 is 15.7 Å². The molecule has 1 rings (SSSR count). The topological polar surface area (TPSA) is 81.4 Å². The van der Waals surface area contributed by atoms with Crippen LogP contribution in [0.4, 0.5) is 10.1 Å². The van der Waals surface area contributed by atoms with E-state index in [4.69, 9.17) is 10.5 Å². The smallest absolute Gasteiger partial charge is 0.241 e. The van der Waals surface area contributed by atoms with Crippen LogP contribution in [0.3, 0.4) is 0 Å². The molecule has 0 atom stereocenters. The van der Waals surface area contributed by atoms with Crippen molar-refractivity contribution in [3.8, 4) is 0 Å². The first kappa shape index (κ1) is 15.9. The van der Waals surface area contributed by atoms with Crippen LogP contribution in [0.25, 0.3) is 0 Å². The van der Waals surface area contributed by atoms with Crippen LogP contribution in [0, 0.1) is 12.7 Å². The predicted octanol–water partition coefficient (Wildman–Crippen LogP) is 1.42. The van der Waals surface area contributed by atoms with Crippen molar-refractivity contribution < 1.29 is 17.5 Å². The van der Waals surface area contributed by atoms with Gasteiger partial charge in [0.15, 0.2) is 0 Å². The fourth-order valence-corrected chi connectivity index (χ4v) is 2.86. The Morgan fingerprint density at radius 2 is 2.00 bits per heavy atom. The van der Waals surface area contributed by atoms with E-state index in [1.165, 1.54) is 20.1 Å². The lowest BCUT2D eigenvalue weighted by molar-refractivity contribution is 0.0276. The van der Waals surface area contributed by atoms with Gasteiger partial charge in [0.25, 0.3) is 0 Å². The number of nitrogens with one attached hydrogen (secondary N) is 1. The second kappa shape index (κ2) is 5.44. The minimum absolute atomic E-state index is 0.0388. The monoisotopic (exact) mass is 290 g/mol. The Morgan fingerprint density at radius 1 is 1.42 bits per heavy atom. The fraction of sp³-hybridized carbons (Fsp3) is 0.500. The number of hydrogen-bond acceptors (Lipinski definition) is 4. The zero-order valence-corrected chi connectivity index (χ0v) is 12.3. The van der Waals surface area contributed by atoms with Gasteiger partial charge in [0.2, 0.25) is 10.0 Å². The molecule has 0 amide bonds. The lowest BCUT2D eigenvalue weighted by Gasteiger charge is -2.23. The van der Waals surface area contributed by atoms with Crippen LogP contribution in [0.15, 0.2) is 17.0 Å². The number of methoxy groups -OCH3 is 1. The molecule has 1 aromatic carbocycles. The fourth-order valence-electron chi connectivity index (χ4n) is 1.37. The van der Waals surface area contributed by atoms with Crippen molar-refractivity contribution in [2.45, 2.75) is 31.3 Å². The molecule has 0 saturated heterocycles. The number of halogens is 1. The normalized spacial score (nSPS) is 12.7. The molecule has 0 radical (unpaired) electrons. The molecule has 0 aliphatic rings. The molecule has 3 N–H and O–H groups in total. The molecule has 5 nitrogen and oxygen atoms in total. The molecule has 0 aliphatic carbocycles. The molecule has 0 saturated carbocycles. The van der Waals surface area contributed by atoms with E-state index in [1.54, 1.807) is 13.8 Å². The van der Waals surface area contributed by atoms with Gasteiger partial charge in [-0.1, -0.05) is 0 Å². The highest BCUT2D eigenvalue weighted by atomic mass is 32.2. The molecule has 0 aliphatic heterocycles. The summed E-state index contributed by atoms with van der Waals surface area (Å²) in [4.78, 5) is -0.156. The number of anilines is 1. The van der Waals surface area contributed by atoms with Gasteiger partial charge in [-0.25, -0.2) is 17.5 Å². The summed E-state index contributed by atoms with van der Waals surface area (Å²) < 4.78 is 45.3. The van der Waals surface area contributed by atoms with Crippen LogP contribution in [0.2, 0.25) is 0 Å². The van der Waals surface area contributed by atoms with Crippen molar-refractivity contribution in [1.82, 2.24) is 4.72 Å². The van der Waals surface area contributed by atoms with Gasteiger partial charge in [0.05, 0.1) is 10.5 Å². The van der Waals surface area contributed by atoms with Crippen molar-refractivity contribution in [3.63, 3.8) is 0 Å². The van der Waals surface area contributed by atoms with E-state index in [1.807, 2.05) is 0 Å². The highest BCUT2D eigenvalue weighted by Crippen LogP contribution is 2.22. The van der Waals surface area contributed by atoms with Crippen LogP contribution in [0.5, 0.6) is 0 Å². The minimum Gasteiger partial charge on any atom is -0.399 e. The van der Waals surface area contributed by atoms with Gasteiger partial charge in [-0.2, -0.15) is 0 Å². The second-order valence-electron chi connectivity index (χ2n) is 4.91. The third kappa shape index (κ3) is 3.89. The molecular weight excluding hydrogens is 271 g/mol. The Kier molecular flexibility index (Phi) is 4.54. The molecule has 0 bridgehead atoms. The Morgan fingerprint density at radius 3 is 2.53 bits per heavy atom. The summed E-state index contributed by atoms with van der Waals surface area (Å²) in [5.41, 5.74) is 4.93. The zero-order chi connectivity index (χ0) is 14.8. The molecule has 7 heteroatoms. The lowest BCUT2D eigenvalue weighted by Crippen LogP contribution is -2.39. The number of nitrogen functional groups attached to an aromatic ring is 1. The van der Waals surface area contributed by atoms with Gasteiger partial charge in [0, 0.05) is 24.9 Å². The number of sulfonamides is 1. The van der Waals surface area contributed by atoms with Crippen LogP contribution in [-0.4, -0.2) is 27.7 Å². The molecule has 1 aromatic rings. The average Bonchev–Trinajstić information content (AvgIpc) is 2.31. The van der Waals surface area contributed by atoms with Gasteiger partial charge in [-0.05, 0) is 32.9 Å². The van der Waals surface area contributed by atoms with Crippen LogP contribution in [0.1, 0.15) is 19.4 Å². The van der Waals surface area contributed by atoms with E-state index < -0.39 is 21.4 Å². The summed E-state index contributed by atoms with van der Waals surface area (Å²) in [5.74, 6) is -0.647. The van der Waals surface area contributed by atoms with Gasteiger partial charge in [0.1, 0.15) is 5.82 Å². The maximum Gasteiger partial charge on any atom is 0.241 e. The Hall–Kier alpha value is -1.18. The Balaban J connectivity index is 3.08. The second-order valence-corrected chi connectivity index (χ2v) is 6.65. The molecule has 0 spiro atoms. The number of ether oxygens (including phenoxy) is 1. The summed E-state index contributed by atoms with van der Waals surface area (Å²) in [6.07, 6.45) is 0. The highest BCUT2D eigenvalue weighted by molar-refractivity contribution is 7.89. The van der Waals surface area contributed by atoms with Gasteiger partial charge < -0.3 is 10.5 Å². The molecule has 19 heavy (non-hydrogen) atoms. The predicted molar refractivity (Wildman–Crippen MR) is 71.8 cm³/mol. The highest BCUT2D eigenvalue weighted by Gasteiger charge is 2.24. The minimum atomic E-state index is -3.83. The first-order valence-electron chi connectivity index (χ1n) is 5.69. The van der Waals surface area contributed by atoms with Crippen molar-refractivity contribution in [2.24, 2.45) is 0 Å². The van der Waals surface area contributed by atoms with Gasteiger partial charge in [-0.3, -0.25) is 0 Å². The standard InChI is InChI=1S/C12H19FN2O3S/c1-8-10(13)5-9(14)6-11(8)19(16,17)15-7-12(2,3)18-4/h5-6,15H,7,14H2,1-4H3. The van der Waals surface area contributed by atoms with Gasteiger partial charge in [-0.15, -0.1) is 0 Å². The third-order valence-electron chi connectivity index (χ3n) is 2.85. The molecule has 0 unspecified atom stereocenters. The zero-order valence-electron chi connectivity index (χ0n) is 11.5. The summed E-state index contributed by atoms with van der Waals surface area (Å²) in [6.45, 7) is 4.94. The van der Waals surface area contributed by atoms with E-state index >= 15 is 0 Å². The maximum atomic E-state index is 13.5. The van der Waals surface area contributed by atoms with Crippen LogP contribution < -0.4 is 10.5 Å². The van der Waals surface area contributed by atoms with E-state index in [2.05, 4.69) is 4.72 Å². The van der Waals surface area contributed by atoms with Crippen molar-refractivity contribution in [1.29, 1.82) is 0 Å². The number of hydrogen-bond donors (Lipinski definition) is 2. The molecule has 108 valence electrons. The first-order chi connectivity index (χ1) is 8.59. The van der Waals surface area contributed by atoms with E-state index in [0.29, 0.717) is 0 Å². The lowest BCUT2D eigenvalue weighted by atomic mass is 10.1. The Labute approximate surface area is 113 Å². The number of nitrogens with two attached hydrogens (primary N) is 1. The van der Waals surface area contributed by atoms with E-state index in [-0.39, 0.29) is 22.7 Å². The van der Waals surface area contributed by atoms with Crippen molar-refractivity contribution in [2.75, 3.05) is 19.4 Å². The molecule has 0 fully saturated rings. The quantitative estimate of drug-likeness (QED) is 0.804. The summed E-state index contributed by atoms with van der Waals surface area (Å²) in [5, 5.41) is 0. The SMILES string of the molecule is COC(C)(C)CNS(=O)(=O)c1cc(N)cc(F)c1C. The number of rotatable bonds is 5.